The molecule has 0 aliphatic heterocycles. The predicted molar refractivity (Wildman–Crippen MR) is 215 cm³/mol. The molecule has 0 saturated carbocycles. The SMILES string of the molecule is C=C/C=c1\c(=C)c2ccccc2n1-c1cccc(-c2ccc3c4ccc(N(c5ccccc5)c5ccccc5)cc4c4ccccc4c3c2)c1. The minimum Gasteiger partial charge on any atom is -0.310 e. The van der Waals surface area contributed by atoms with Gasteiger partial charge in [0.1, 0.15) is 0 Å². The molecule has 0 unspecified atom stereocenters. The van der Waals surface area contributed by atoms with Crippen LogP contribution in [0.5, 0.6) is 0 Å². The van der Waals surface area contributed by atoms with Gasteiger partial charge in [0.25, 0.3) is 0 Å². The van der Waals surface area contributed by atoms with Crippen LogP contribution in [0.1, 0.15) is 0 Å². The molecule has 2 nitrogen and oxygen atoms in total. The molecule has 1 heterocycles. The number of hydrogen-bond donors (Lipinski definition) is 0. The van der Waals surface area contributed by atoms with Crippen LogP contribution in [0.15, 0.2) is 183 Å². The lowest BCUT2D eigenvalue weighted by Crippen LogP contribution is -2.26. The fourth-order valence-electron chi connectivity index (χ4n) is 7.58. The normalized spacial score (nSPS) is 11.9. The highest BCUT2D eigenvalue weighted by Crippen LogP contribution is 2.41. The minimum absolute atomic E-state index is 1.01. The maximum absolute atomic E-state index is 4.43. The zero-order valence-electron chi connectivity index (χ0n) is 27.6. The topological polar surface area (TPSA) is 8.17 Å². The summed E-state index contributed by atoms with van der Waals surface area (Å²) in [5.74, 6) is 0. The Bertz CT molecular complexity index is 2790. The van der Waals surface area contributed by atoms with Gasteiger partial charge in [0.15, 0.2) is 0 Å². The molecular formula is C48H34N2. The van der Waals surface area contributed by atoms with E-state index >= 15 is 0 Å². The van der Waals surface area contributed by atoms with Gasteiger partial charge in [-0.25, -0.2) is 0 Å². The first-order chi connectivity index (χ1) is 24.7. The molecule has 50 heavy (non-hydrogen) atoms. The maximum Gasteiger partial charge on any atom is 0.0540 e. The molecule has 236 valence electrons. The summed E-state index contributed by atoms with van der Waals surface area (Å²) in [5, 5.41) is 10.7. The van der Waals surface area contributed by atoms with Gasteiger partial charge < -0.3 is 9.47 Å². The third-order valence-corrected chi connectivity index (χ3v) is 9.84. The number of fused-ring (bicyclic) bond motifs is 7. The largest absolute Gasteiger partial charge is 0.310 e. The van der Waals surface area contributed by atoms with Crippen molar-refractivity contribution in [3.63, 3.8) is 0 Å². The van der Waals surface area contributed by atoms with E-state index in [1.54, 1.807) is 0 Å². The van der Waals surface area contributed by atoms with Crippen LogP contribution in [-0.2, 0) is 0 Å². The summed E-state index contributed by atoms with van der Waals surface area (Å²) in [6.07, 6.45) is 3.89. The Morgan fingerprint density at radius 2 is 1.00 bits per heavy atom. The molecular weight excluding hydrogens is 605 g/mol. The highest BCUT2D eigenvalue weighted by molar-refractivity contribution is 6.26. The number of anilines is 3. The molecule has 0 atom stereocenters. The molecule has 0 N–H and O–H groups in total. The van der Waals surface area contributed by atoms with Crippen molar-refractivity contribution in [3.8, 4) is 16.8 Å². The van der Waals surface area contributed by atoms with Crippen LogP contribution in [0.2, 0.25) is 0 Å². The van der Waals surface area contributed by atoms with Gasteiger partial charge in [0.2, 0.25) is 0 Å². The zero-order chi connectivity index (χ0) is 33.6. The first-order valence-corrected chi connectivity index (χ1v) is 17.0. The number of benzene rings is 8. The lowest BCUT2D eigenvalue weighted by Gasteiger charge is -2.26. The first kappa shape index (κ1) is 29.5. The second kappa shape index (κ2) is 12.1. The second-order valence-electron chi connectivity index (χ2n) is 12.7. The van der Waals surface area contributed by atoms with Crippen molar-refractivity contribution in [2.24, 2.45) is 0 Å². The lowest BCUT2D eigenvalue weighted by molar-refractivity contribution is 1.07. The zero-order valence-corrected chi connectivity index (χ0v) is 27.6. The van der Waals surface area contributed by atoms with Gasteiger partial charge in [0.05, 0.1) is 10.9 Å². The fraction of sp³-hybridized carbons (Fsp3) is 0. The average molecular weight is 639 g/mol. The third kappa shape index (κ3) is 4.81. The lowest BCUT2D eigenvalue weighted by atomic mass is 9.91. The number of rotatable bonds is 6. The average Bonchev–Trinajstić information content (AvgIpc) is 3.46. The first-order valence-electron chi connectivity index (χ1n) is 17.0. The minimum atomic E-state index is 1.01. The molecule has 0 fully saturated rings. The number of para-hydroxylation sites is 3. The summed E-state index contributed by atoms with van der Waals surface area (Å²) in [6, 6.07) is 61.1. The van der Waals surface area contributed by atoms with Gasteiger partial charge in [0, 0.05) is 33.4 Å². The molecule has 0 spiro atoms. The number of nitrogens with zero attached hydrogens (tertiary/aromatic N) is 2. The van der Waals surface area contributed by atoms with Crippen LogP contribution < -0.4 is 15.5 Å². The second-order valence-corrected chi connectivity index (χ2v) is 12.7. The van der Waals surface area contributed by atoms with Gasteiger partial charge >= 0.3 is 0 Å². The van der Waals surface area contributed by atoms with E-state index in [1.807, 2.05) is 12.2 Å². The summed E-state index contributed by atoms with van der Waals surface area (Å²) < 4.78 is 2.29. The summed E-state index contributed by atoms with van der Waals surface area (Å²) in [5.41, 5.74) is 7.96. The van der Waals surface area contributed by atoms with E-state index in [0.29, 0.717) is 0 Å². The van der Waals surface area contributed by atoms with E-state index in [0.717, 1.165) is 44.2 Å². The number of hydrogen-bond acceptors (Lipinski definition) is 1. The summed E-state index contributed by atoms with van der Waals surface area (Å²) in [6.45, 7) is 8.41. The van der Waals surface area contributed by atoms with Crippen LogP contribution in [0.25, 0.3) is 72.7 Å². The summed E-state index contributed by atoms with van der Waals surface area (Å²) in [4.78, 5) is 2.33. The Kier molecular flexibility index (Phi) is 7.14. The Balaban J connectivity index is 1.22. The van der Waals surface area contributed by atoms with E-state index in [-0.39, 0.29) is 0 Å². The van der Waals surface area contributed by atoms with Crippen molar-refractivity contribution in [3.05, 3.63) is 193 Å². The highest BCUT2D eigenvalue weighted by atomic mass is 15.1. The van der Waals surface area contributed by atoms with E-state index in [1.165, 1.54) is 43.4 Å². The standard InChI is InChI=1S/C48H34N2/c1-3-15-47-33(2)40-22-12-13-25-48(40)50(47)38-21-14-16-34(30-38)35-26-28-43-44-29-27-39(32-46(44)42-24-11-10-23-41(42)45(43)31-35)49(36-17-6-4-7-18-36)37-19-8-5-9-20-37/h3-32H,1-2H2/b47-15+. The molecule has 8 aromatic carbocycles. The van der Waals surface area contributed by atoms with Crippen LogP contribution in [0.3, 0.4) is 0 Å². The van der Waals surface area contributed by atoms with Crippen molar-refractivity contribution in [2.45, 2.75) is 0 Å². The molecule has 0 amide bonds. The van der Waals surface area contributed by atoms with E-state index < -0.39 is 0 Å². The maximum atomic E-state index is 4.43. The van der Waals surface area contributed by atoms with Crippen molar-refractivity contribution >= 4 is 72.9 Å². The predicted octanol–water partition coefficient (Wildman–Crippen LogP) is 11.6. The highest BCUT2D eigenvalue weighted by Gasteiger charge is 2.16. The quantitative estimate of drug-likeness (QED) is 0.165. The van der Waals surface area contributed by atoms with Gasteiger partial charge in [-0.05, 0) is 110 Å². The Morgan fingerprint density at radius 1 is 0.440 bits per heavy atom. The molecule has 2 heteroatoms. The molecule has 0 bridgehead atoms. The van der Waals surface area contributed by atoms with Crippen molar-refractivity contribution in [2.75, 3.05) is 4.90 Å². The third-order valence-electron chi connectivity index (χ3n) is 9.84. The van der Waals surface area contributed by atoms with Crippen LogP contribution in [0.4, 0.5) is 17.1 Å². The van der Waals surface area contributed by atoms with Gasteiger partial charge in [-0.3, -0.25) is 0 Å². The van der Waals surface area contributed by atoms with E-state index in [2.05, 4.69) is 192 Å². The van der Waals surface area contributed by atoms with Gasteiger partial charge in [-0.1, -0.05) is 128 Å². The van der Waals surface area contributed by atoms with Crippen molar-refractivity contribution < 1.29 is 0 Å². The Labute approximate surface area is 291 Å². The van der Waals surface area contributed by atoms with Crippen molar-refractivity contribution in [1.29, 1.82) is 0 Å². The summed E-state index contributed by atoms with van der Waals surface area (Å²) >= 11 is 0. The van der Waals surface area contributed by atoms with E-state index in [9.17, 15) is 0 Å². The molecule has 1 aromatic heterocycles. The Hall–Kier alpha value is -6.64. The summed E-state index contributed by atoms with van der Waals surface area (Å²) in [7, 11) is 0. The molecule has 9 rings (SSSR count). The smallest absolute Gasteiger partial charge is 0.0540 e. The van der Waals surface area contributed by atoms with Crippen LogP contribution in [0, 0.1) is 0 Å². The van der Waals surface area contributed by atoms with Gasteiger partial charge in [-0.15, -0.1) is 0 Å². The number of allylic oxidation sites excluding steroid dienone is 1. The Morgan fingerprint density at radius 3 is 1.68 bits per heavy atom. The molecule has 0 saturated heterocycles. The monoisotopic (exact) mass is 638 g/mol. The molecule has 0 aliphatic rings. The van der Waals surface area contributed by atoms with Crippen molar-refractivity contribution in [1.82, 2.24) is 4.57 Å². The number of aromatic nitrogens is 1. The van der Waals surface area contributed by atoms with E-state index in [4.69, 9.17) is 0 Å². The van der Waals surface area contributed by atoms with Crippen LogP contribution in [-0.4, -0.2) is 4.57 Å². The van der Waals surface area contributed by atoms with Gasteiger partial charge in [-0.2, -0.15) is 0 Å². The van der Waals surface area contributed by atoms with Crippen LogP contribution >= 0.6 is 0 Å². The fourth-order valence-corrected chi connectivity index (χ4v) is 7.58. The molecule has 0 aliphatic carbocycles. The molecule has 0 radical (unpaired) electrons. The molecule has 9 aromatic rings.